The molecule has 208 valence electrons. The normalized spacial score (nSPS) is 16.2. The number of sulfone groups is 1. The first kappa shape index (κ1) is 27.3. The summed E-state index contributed by atoms with van der Waals surface area (Å²) in [4.78, 5) is 25.4. The quantitative estimate of drug-likeness (QED) is 0.352. The highest BCUT2D eigenvalue weighted by Crippen LogP contribution is 2.36. The van der Waals surface area contributed by atoms with Gasteiger partial charge in [0, 0.05) is 23.6 Å². The first-order valence-corrected chi connectivity index (χ1v) is 13.7. The molecule has 40 heavy (non-hydrogen) atoms. The summed E-state index contributed by atoms with van der Waals surface area (Å²) in [7, 11) is -2.98. The van der Waals surface area contributed by atoms with Gasteiger partial charge in [-0.2, -0.15) is 0 Å². The number of amides is 1. The second kappa shape index (κ2) is 10.7. The molecule has 1 atom stereocenters. The zero-order valence-electron chi connectivity index (χ0n) is 21.3. The highest BCUT2D eigenvalue weighted by Gasteiger charge is 2.34. The Bertz CT molecular complexity index is 1730. The van der Waals surface area contributed by atoms with Crippen molar-refractivity contribution in [3.63, 3.8) is 0 Å². The van der Waals surface area contributed by atoms with E-state index in [9.17, 15) is 26.4 Å². The molecule has 0 spiro atoms. The number of hydrogen-bond donors (Lipinski definition) is 1. The van der Waals surface area contributed by atoms with Crippen molar-refractivity contribution in [3.8, 4) is 22.9 Å². The number of benzene rings is 1. The molecule has 1 aromatic carbocycles. The minimum atomic E-state index is -4.31. The van der Waals surface area contributed by atoms with E-state index in [-0.39, 0.29) is 41.7 Å². The molecule has 4 aromatic rings. The van der Waals surface area contributed by atoms with Crippen LogP contribution in [-0.2, 0) is 16.4 Å². The molecule has 4 heterocycles. The van der Waals surface area contributed by atoms with Crippen LogP contribution in [0.4, 0.5) is 13.2 Å². The summed E-state index contributed by atoms with van der Waals surface area (Å²) >= 11 is 0. The summed E-state index contributed by atoms with van der Waals surface area (Å²) in [5, 5.41) is 3.39. The molecule has 9 nitrogen and oxygen atoms in total. The van der Waals surface area contributed by atoms with Crippen LogP contribution in [0.25, 0.3) is 22.2 Å². The number of ether oxygens (including phenoxy) is 2. The maximum Gasteiger partial charge on any atom is 0.280 e. The lowest BCUT2D eigenvalue weighted by molar-refractivity contribution is 0.0950. The van der Waals surface area contributed by atoms with Gasteiger partial charge in [-0.15, -0.1) is 0 Å². The number of aryl methyl sites for hydroxylation is 1. The molecule has 0 saturated heterocycles. The number of nitrogens with one attached hydrogen (secondary N) is 1. The Kier molecular flexibility index (Phi) is 7.32. The first-order valence-electron chi connectivity index (χ1n) is 12.1. The van der Waals surface area contributed by atoms with Gasteiger partial charge in [0.2, 0.25) is 21.2 Å². The second-order valence-corrected chi connectivity index (χ2v) is 11.1. The topological polar surface area (TPSA) is 120 Å². The number of hydrogen-bond acceptors (Lipinski definition) is 8. The molecule has 1 aliphatic heterocycles. The van der Waals surface area contributed by atoms with Crippen molar-refractivity contribution in [1.82, 2.24) is 20.3 Å². The molecule has 13 heteroatoms. The van der Waals surface area contributed by atoms with E-state index in [1.54, 1.807) is 31.3 Å². The van der Waals surface area contributed by atoms with Crippen molar-refractivity contribution in [2.75, 3.05) is 13.7 Å². The average Bonchev–Trinajstić information content (AvgIpc) is 3.06. The van der Waals surface area contributed by atoms with E-state index >= 15 is 0 Å². The highest BCUT2D eigenvalue weighted by molar-refractivity contribution is 7.92. The van der Waals surface area contributed by atoms with Gasteiger partial charge >= 0.3 is 0 Å². The Labute approximate surface area is 227 Å². The minimum Gasteiger partial charge on any atom is -0.492 e. The van der Waals surface area contributed by atoms with Gasteiger partial charge in [0.1, 0.15) is 16.3 Å². The predicted molar refractivity (Wildman–Crippen MR) is 139 cm³/mol. The number of halogens is 3. The number of carbonyl (C=O) groups excluding carboxylic acids is 1. The fourth-order valence-corrected chi connectivity index (χ4v) is 5.77. The second-order valence-electron chi connectivity index (χ2n) is 9.05. The lowest BCUT2D eigenvalue weighted by Crippen LogP contribution is -2.24. The standard InChI is InChI=1S/C27H23F3N4O5S/c1-14-9-16(10-22-24(14)39-8-7-23(28)40(22,36)37)26(35)32-13-17-11-21-15(12-31-17)3-5-19(33-21)18-4-6-20(25(29)30)34-27(18)38-2/h3-6,9-12,23,25H,7-8,13H2,1-2H3,(H,32,35)/t23-/m1/s1. The minimum absolute atomic E-state index is 0.00809. The Balaban J connectivity index is 1.39. The van der Waals surface area contributed by atoms with E-state index in [4.69, 9.17) is 9.47 Å². The van der Waals surface area contributed by atoms with Crippen LogP contribution in [0.5, 0.6) is 11.6 Å². The van der Waals surface area contributed by atoms with Gasteiger partial charge in [0.05, 0.1) is 42.7 Å². The largest absolute Gasteiger partial charge is 0.492 e. The lowest BCUT2D eigenvalue weighted by Gasteiger charge is -2.13. The molecule has 0 radical (unpaired) electrons. The van der Waals surface area contributed by atoms with E-state index in [1.165, 1.54) is 25.3 Å². The highest BCUT2D eigenvalue weighted by atomic mass is 32.2. The number of alkyl halides is 3. The average molecular weight is 573 g/mol. The van der Waals surface area contributed by atoms with Crippen LogP contribution in [0.2, 0.25) is 0 Å². The number of carbonyl (C=O) groups is 1. The van der Waals surface area contributed by atoms with Crippen molar-refractivity contribution in [2.45, 2.75) is 36.7 Å². The molecule has 0 saturated carbocycles. The summed E-state index contributed by atoms with van der Waals surface area (Å²) in [6.07, 6.45) is -1.48. The summed E-state index contributed by atoms with van der Waals surface area (Å²) in [6, 6.07) is 10.4. The van der Waals surface area contributed by atoms with Gasteiger partial charge in [-0.25, -0.2) is 31.6 Å². The van der Waals surface area contributed by atoms with E-state index in [1.807, 2.05) is 0 Å². The smallest absolute Gasteiger partial charge is 0.280 e. The van der Waals surface area contributed by atoms with Crippen LogP contribution in [-0.4, -0.2) is 48.5 Å². The maximum atomic E-state index is 14.3. The van der Waals surface area contributed by atoms with Crippen LogP contribution in [0.3, 0.4) is 0 Å². The van der Waals surface area contributed by atoms with Crippen LogP contribution in [0, 0.1) is 6.92 Å². The van der Waals surface area contributed by atoms with E-state index in [2.05, 4.69) is 20.3 Å². The fraction of sp³-hybridized carbons (Fsp3) is 0.259. The van der Waals surface area contributed by atoms with Crippen molar-refractivity contribution < 1.29 is 35.9 Å². The number of methoxy groups -OCH3 is 1. The monoisotopic (exact) mass is 572 g/mol. The Morgan fingerprint density at radius 2 is 1.98 bits per heavy atom. The molecular weight excluding hydrogens is 549 g/mol. The third kappa shape index (κ3) is 5.16. The summed E-state index contributed by atoms with van der Waals surface area (Å²) in [5.41, 5.74) is -0.267. The van der Waals surface area contributed by atoms with Gasteiger partial charge in [-0.05, 0) is 55.0 Å². The van der Waals surface area contributed by atoms with Crippen LogP contribution >= 0.6 is 0 Å². The Hall–Kier alpha value is -4.26. The molecule has 1 amide bonds. The van der Waals surface area contributed by atoms with Gasteiger partial charge < -0.3 is 14.8 Å². The SMILES string of the molecule is COc1nc(C(F)F)ccc1-c1ccc2cnc(CNC(=O)c3cc(C)c4c(c3)S(=O)(=O)[C@@H](F)CCO4)cc2n1. The summed E-state index contributed by atoms with van der Waals surface area (Å²) < 4.78 is 76.3. The van der Waals surface area contributed by atoms with Gasteiger partial charge in [-0.1, -0.05) is 0 Å². The Morgan fingerprint density at radius 1 is 1.18 bits per heavy atom. The van der Waals surface area contributed by atoms with Gasteiger partial charge in [0.15, 0.2) is 0 Å². The van der Waals surface area contributed by atoms with Crippen molar-refractivity contribution in [3.05, 3.63) is 71.2 Å². The summed E-state index contributed by atoms with van der Waals surface area (Å²) in [6.45, 7) is 1.48. The van der Waals surface area contributed by atoms with Crippen molar-refractivity contribution in [2.24, 2.45) is 0 Å². The number of aromatic nitrogens is 3. The van der Waals surface area contributed by atoms with Gasteiger partial charge in [-0.3, -0.25) is 9.78 Å². The van der Waals surface area contributed by atoms with Crippen molar-refractivity contribution >= 4 is 26.6 Å². The van der Waals surface area contributed by atoms with Gasteiger partial charge in [0.25, 0.3) is 12.3 Å². The maximum absolute atomic E-state index is 14.3. The van der Waals surface area contributed by atoms with E-state index < -0.39 is 33.4 Å². The molecule has 1 aliphatic rings. The number of pyridine rings is 3. The number of rotatable bonds is 6. The fourth-order valence-electron chi connectivity index (χ4n) is 4.32. The first-order chi connectivity index (χ1) is 19.1. The summed E-state index contributed by atoms with van der Waals surface area (Å²) in [5.74, 6) is -0.529. The van der Waals surface area contributed by atoms with E-state index in [0.29, 0.717) is 33.4 Å². The molecule has 0 unspecified atom stereocenters. The molecule has 0 aliphatic carbocycles. The molecule has 0 bridgehead atoms. The number of fused-ring (bicyclic) bond motifs is 2. The molecule has 1 N–H and O–H groups in total. The molecule has 3 aromatic heterocycles. The van der Waals surface area contributed by atoms with Crippen LogP contribution in [0.15, 0.2) is 53.6 Å². The predicted octanol–water partition coefficient (Wildman–Crippen LogP) is 4.73. The molecular formula is C27H23F3N4O5S. The van der Waals surface area contributed by atoms with E-state index in [0.717, 1.165) is 6.07 Å². The zero-order chi connectivity index (χ0) is 28.6. The Morgan fingerprint density at radius 3 is 2.73 bits per heavy atom. The third-order valence-electron chi connectivity index (χ3n) is 6.37. The number of nitrogens with zero attached hydrogens (tertiary/aromatic N) is 3. The molecule has 0 fully saturated rings. The van der Waals surface area contributed by atoms with Crippen molar-refractivity contribution in [1.29, 1.82) is 0 Å². The zero-order valence-corrected chi connectivity index (χ0v) is 22.1. The molecule has 5 rings (SSSR count). The van der Waals surface area contributed by atoms with Crippen LogP contribution in [0.1, 0.15) is 40.2 Å². The third-order valence-corrected chi connectivity index (χ3v) is 8.20. The lowest BCUT2D eigenvalue weighted by atomic mass is 10.1. The van der Waals surface area contributed by atoms with Crippen LogP contribution < -0.4 is 14.8 Å².